The molecule has 0 bridgehead atoms. The van der Waals surface area contributed by atoms with Gasteiger partial charge in [0.05, 0.1) is 5.56 Å². The summed E-state index contributed by atoms with van der Waals surface area (Å²) in [4.78, 5) is 18.6. The average molecular weight is 268 g/mol. The standard InChI is InChI=1S/C15H16N4O/c1-10-8-11-4-2-3-5-13(11)19(10)15(20)12-6-7-14(18-16)17-9-12/h2-7,9-10H,8,16H2,1H3,(H,17,18). The first-order valence-electron chi connectivity index (χ1n) is 6.55. The first-order valence-corrected chi connectivity index (χ1v) is 6.55. The lowest BCUT2D eigenvalue weighted by molar-refractivity contribution is 0.0981. The Morgan fingerprint density at radius 1 is 1.35 bits per heavy atom. The summed E-state index contributed by atoms with van der Waals surface area (Å²) in [6.45, 7) is 2.06. The van der Waals surface area contributed by atoms with Crippen molar-refractivity contribution in [1.82, 2.24) is 4.98 Å². The van der Waals surface area contributed by atoms with Gasteiger partial charge in [0.15, 0.2) is 0 Å². The summed E-state index contributed by atoms with van der Waals surface area (Å²) in [7, 11) is 0. The molecule has 2 aromatic rings. The minimum atomic E-state index is -0.0291. The number of carbonyl (C=O) groups is 1. The number of anilines is 2. The van der Waals surface area contributed by atoms with Crippen LogP contribution in [0.3, 0.4) is 0 Å². The molecule has 1 aliphatic rings. The molecule has 102 valence electrons. The number of pyridine rings is 1. The van der Waals surface area contributed by atoms with Gasteiger partial charge in [0.2, 0.25) is 0 Å². The third-order valence-electron chi connectivity index (χ3n) is 3.58. The number of nitrogens with two attached hydrogens (primary N) is 1. The Hall–Kier alpha value is -2.40. The summed E-state index contributed by atoms with van der Waals surface area (Å²) in [6.07, 6.45) is 2.43. The molecule has 1 aromatic heterocycles. The number of aromatic nitrogens is 1. The van der Waals surface area contributed by atoms with Crippen LogP contribution in [0.4, 0.5) is 11.5 Å². The molecule has 3 N–H and O–H groups in total. The Labute approximate surface area is 117 Å². The summed E-state index contributed by atoms with van der Waals surface area (Å²) in [5.74, 6) is 5.78. The minimum Gasteiger partial charge on any atom is -0.308 e. The van der Waals surface area contributed by atoms with Crippen LogP contribution in [0.25, 0.3) is 0 Å². The number of nitrogens with one attached hydrogen (secondary N) is 1. The SMILES string of the molecule is CC1Cc2ccccc2N1C(=O)c1ccc(NN)nc1. The molecule has 0 aliphatic carbocycles. The predicted molar refractivity (Wildman–Crippen MR) is 78.5 cm³/mol. The Morgan fingerprint density at radius 3 is 2.85 bits per heavy atom. The maximum atomic E-state index is 12.7. The highest BCUT2D eigenvalue weighted by molar-refractivity contribution is 6.07. The maximum Gasteiger partial charge on any atom is 0.260 e. The predicted octanol–water partition coefficient (Wildman–Crippen LogP) is 1.96. The highest BCUT2D eigenvalue weighted by atomic mass is 16.2. The number of fused-ring (bicyclic) bond motifs is 1. The van der Waals surface area contributed by atoms with Gasteiger partial charge in [-0.3, -0.25) is 4.79 Å². The first kappa shape index (κ1) is 12.6. The van der Waals surface area contributed by atoms with Crippen LogP contribution in [0, 0.1) is 0 Å². The van der Waals surface area contributed by atoms with E-state index in [4.69, 9.17) is 5.84 Å². The lowest BCUT2D eigenvalue weighted by atomic mass is 10.1. The van der Waals surface area contributed by atoms with E-state index in [0.29, 0.717) is 11.4 Å². The monoisotopic (exact) mass is 268 g/mol. The zero-order valence-corrected chi connectivity index (χ0v) is 11.2. The number of amides is 1. The van der Waals surface area contributed by atoms with Crippen LogP contribution in [0.5, 0.6) is 0 Å². The molecule has 1 amide bonds. The fraction of sp³-hybridized carbons (Fsp3) is 0.200. The molecule has 5 nitrogen and oxygen atoms in total. The average Bonchev–Trinajstić information content (AvgIpc) is 2.82. The van der Waals surface area contributed by atoms with E-state index < -0.39 is 0 Å². The quantitative estimate of drug-likeness (QED) is 0.645. The van der Waals surface area contributed by atoms with Crippen LogP contribution < -0.4 is 16.2 Å². The number of hydrogen-bond donors (Lipinski definition) is 2. The molecule has 1 aromatic carbocycles. The van der Waals surface area contributed by atoms with Crippen LogP contribution in [0.1, 0.15) is 22.8 Å². The molecule has 0 saturated carbocycles. The van der Waals surface area contributed by atoms with E-state index in [-0.39, 0.29) is 11.9 Å². The van der Waals surface area contributed by atoms with Crippen molar-refractivity contribution in [2.24, 2.45) is 5.84 Å². The van der Waals surface area contributed by atoms with Crippen LogP contribution in [-0.2, 0) is 6.42 Å². The van der Waals surface area contributed by atoms with E-state index in [1.807, 2.05) is 23.1 Å². The third kappa shape index (κ3) is 2.02. The summed E-state index contributed by atoms with van der Waals surface area (Å²) < 4.78 is 0. The largest absolute Gasteiger partial charge is 0.308 e. The van der Waals surface area contributed by atoms with Gasteiger partial charge in [-0.15, -0.1) is 0 Å². The minimum absolute atomic E-state index is 0.0291. The highest BCUT2D eigenvalue weighted by Gasteiger charge is 2.31. The third-order valence-corrected chi connectivity index (χ3v) is 3.58. The fourth-order valence-corrected chi connectivity index (χ4v) is 2.62. The van der Waals surface area contributed by atoms with Gasteiger partial charge in [-0.25, -0.2) is 10.8 Å². The van der Waals surface area contributed by atoms with Gasteiger partial charge in [-0.2, -0.15) is 0 Å². The number of rotatable bonds is 2. The molecule has 0 fully saturated rings. The smallest absolute Gasteiger partial charge is 0.260 e. The van der Waals surface area contributed by atoms with Gasteiger partial charge < -0.3 is 10.3 Å². The second-order valence-electron chi connectivity index (χ2n) is 4.93. The molecule has 5 heteroatoms. The summed E-state index contributed by atoms with van der Waals surface area (Å²) in [5.41, 5.74) is 5.22. The number of nitrogens with zero attached hydrogens (tertiary/aromatic N) is 2. The normalized spacial score (nSPS) is 16.9. The summed E-state index contributed by atoms with van der Waals surface area (Å²) in [5, 5.41) is 0. The van der Waals surface area contributed by atoms with E-state index in [2.05, 4.69) is 23.4 Å². The molecule has 1 atom stereocenters. The van der Waals surface area contributed by atoms with Gasteiger partial charge in [0.1, 0.15) is 5.82 Å². The number of carbonyl (C=O) groups excluding carboxylic acids is 1. The number of hydrogen-bond acceptors (Lipinski definition) is 4. The molecule has 2 heterocycles. The fourth-order valence-electron chi connectivity index (χ4n) is 2.62. The zero-order chi connectivity index (χ0) is 14.1. The van der Waals surface area contributed by atoms with Gasteiger partial charge in [0, 0.05) is 17.9 Å². The van der Waals surface area contributed by atoms with Crippen LogP contribution >= 0.6 is 0 Å². The lowest BCUT2D eigenvalue weighted by Crippen LogP contribution is -2.35. The molecule has 20 heavy (non-hydrogen) atoms. The van der Waals surface area contributed by atoms with Crippen molar-refractivity contribution in [2.45, 2.75) is 19.4 Å². The second-order valence-corrected chi connectivity index (χ2v) is 4.93. The Morgan fingerprint density at radius 2 is 2.15 bits per heavy atom. The van der Waals surface area contributed by atoms with E-state index in [1.165, 1.54) is 5.56 Å². The van der Waals surface area contributed by atoms with Gasteiger partial charge in [-0.05, 0) is 37.1 Å². The second kappa shape index (κ2) is 4.94. The van der Waals surface area contributed by atoms with Crippen molar-refractivity contribution >= 4 is 17.4 Å². The summed E-state index contributed by atoms with van der Waals surface area (Å²) in [6, 6.07) is 11.6. The molecule has 0 radical (unpaired) electrons. The van der Waals surface area contributed by atoms with Crippen molar-refractivity contribution < 1.29 is 4.79 Å². The van der Waals surface area contributed by atoms with E-state index in [9.17, 15) is 4.79 Å². The van der Waals surface area contributed by atoms with Gasteiger partial charge >= 0.3 is 0 Å². The molecule has 0 saturated heterocycles. The molecule has 1 unspecified atom stereocenters. The van der Waals surface area contributed by atoms with Gasteiger partial charge in [0.25, 0.3) is 5.91 Å². The number of hydrazine groups is 1. The van der Waals surface area contributed by atoms with Crippen molar-refractivity contribution in [3.63, 3.8) is 0 Å². The number of benzene rings is 1. The van der Waals surface area contributed by atoms with Crippen molar-refractivity contribution in [3.8, 4) is 0 Å². The van der Waals surface area contributed by atoms with Crippen molar-refractivity contribution in [1.29, 1.82) is 0 Å². The maximum absolute atomic E-state index is 12.7. The summed E-state index contributed by atoms with van der Waals surface area (Å²) >= 11 is 0. The van der Waals surface area contributed by atoms with E-state index in [1.54, 1.807) is 18.3 Å². The zero-order valence-electron chi connectivity index (χ0n) is 11.2. The molecule has 1 aliphatic heterocycles. The van der Waals surface area contributed by atoms with Crippen molar-refractivity contribution in [3.05, 3.63) is 53.7 Å². The lowest BCUT2D eigenvalue weighted by Gasteiger charge is -2.22. The number of nitrogen functional groups attached to an aromatic ring is 1. The van der Waals surface area contributed by atoms with E-state index in [0.717, 1.165) is 12.1 Å². The highest BCUT2D eigenvalue weighted by Crippen LogP contribution is 2.32. The topological polar surface area (TPSA) is 71.2 Å². The Kier molecular flexibility index (Phi) is 3.12. The molecular formula is C15H16N4O. The Balaban J connectivity index is 1.94. The van der Waals surface area contributed by atoms with Crippen molar-refractivity contribution in [2.75, 3.05) is 10.3 Å². The van der Waals surface area contributed by atoms with Crippen LogP contribution in [-0.4, -0.2) is 16.9 Å². The number of para-hydroxylation sites is 1. The molecule has 0 spiro atoms. The van der Waals surface area contributed by atoms with Crippen LogP contribution in [0.15, 0.2) is 42.6 Å². The molecule has 3 rings (SSSR count). The Bertz CT molecular complexity index is 639. The van der Waals surface area contributed by atoms with Crippen LogP contribution in [0.2, 0.25) is 0 Å². The first-order chi connectivity index (χ1) is 9.70. The molecular weight excluding hydrogens is 252 g/mol. The van der Waals surface area contributed by atoms with E-state index >= 15 is 0 Å². The van der Waals surface area contributed by atoms with Gasteiger partial charge in [-0.1, -0.05) is 18.2 Å².